The molecule has 1 heterocycles. The van der Waals surface area contributed by atoms with Gasteiger partial charge in [-0.2, -0.15) is 0 Å². The molecule has 0 N–H and O–H groups in total. The monoisotopic (exact) mass is 296 g/mol. The van der Waals surface area contributed by atoms with E-state index in [9.17, 15) is 13.2 Å². The molecule has 0 aliphatic carbocycles. The summed E-state index contributed by atoms with van der Waals surface area (Å²) in [7, 11) is 2.71. The first-order chi connectivity index (χ1) is 8.25. The highest BCUT2D eigenvalue weighted by atomic mass is 35.7. The van der Waals surface area contributed by atoms with Gasteiger partial charge in [-0.05, 0) is 13.8 Å². The van der Waals surface area contributed by atoms with E-state index in [4.69, 9.17) is 24.6 Å². The fourth-order valence-corrected chi connectivity index (χ4v) is 2.41. The molecule has 0 aromatic carbocycles. The van der Waals surface area contributed by atoms with Crippen molar-refractivity contribution in [1.29, 1.82) is 0 Å². The summed E-state index contributed by atoms with van der Waals surface area (Å²) in [4.78, 5) is 11.4. The van der Waals surface area contributed by atoms with Crippen molar-refractivity contribution in [3.8, 4) is 0 Å². The summed E-state index contributed by atoms with van der Waals surface area (Å²) in [5.74, 6) is -0.944. The zero-order valence-corrected chi connectivity index (χ0v) is 11.7. The highest BCUT2D eigenvalue weighted by Crippen LogP contribution is 2.24. The molecule has 0 bridgehead atoms. The fraction of sp³-hybridized carbons (Fsp3) is 0.500. The van der Waals surface area contributed by atoms with E-state index in [0.29, 0.717) is 0 Å². The molecule has 0 amide bonds. The van der Waals surface area contributed by atoms with Crippen LogP contribution >= 0.6 is 10.7 Å². The maximum atomic E-state index is 11.6. The predicted molar refractivity (Wildman–Crippen MR) is 63.2 cm³/mol. The number of ether oxygens (including phenoxy) is 2. The highest BCUT2D eigenvalue weighted by Gasteiger charge is 2.23. The van der Waals surface area contributed by atoms with E-state index in [1.807, 2.05) is 0 Å². The zero-order chi connectivity index (χ0) is 13.9. The Kier molecular flexibility index (Phi) is 4.78. The number of aryl methyl sites for hydroxylation is 1. The Morgan fingerprint density at radius 3 is 2.61 bits per heavy atom. The van der Waals surface area contributed by atoms with E-state index in [1.54, 1.807) is 6.92 Å². The Hall–Kier alpha value is -1.05. The van der Waals surface area contributed by atoms with E-state index >= 15 is 0 Å². The summed E-state index contributed by atoms with van der Waals surface area (Å²) in [5.41, 5.74) is 0. The second-order valence-corrected chi connectivity index (χ2v) is 6.17. The maximum absolute atomic E-state index is 11.6. The zero-order valence-electron chi connectivity index (χ0n) is 10.1. The number of carbonyl (C=O) groups is 1. The van der Waals surface area contributed by atoms with Gasteiger partial charge in [0.1, 0.15) is 16.8 Å². The number of methoxy groups -OCH3 is 1. The summed E-state index contributed by atoms with van der Waals surface area (Å²) in [6.45, 7) is 3.26. The average Bonchev–Trinajstić information content (AvgIpc) is 2.60. The molecule has 0 aliphatic heterocycles. The molecule has 0 spiro atoms. The molecular weight excluding hydrogens is 284 g/mol. The number of hydrogen-bond donors (Lipinski definition) is 0. The van der Waals surface area contributed by atoms with Gasteiger partial charge in [-0.1, -0.05) is 0 Å². The lowest BCUT2D eigenvalue weighted by Gasteiger charge is -2.10. The molecule has 1 unspecified atom stereocenters. The molecular formula is C10H13ClO6S. The molecule has 1 aromatic heterocycles. The molecule has 102 valence electrons. The van der Waals surface area contributed by atoms with Crippen LogP contribution < -0.4 is 0 Å². The van der Waals surface area contributed by atoms with E-state index in [2.05, 4.69) is 0 Å². The van der Waals surface area contributed by atoms with Gasteiger partial charge in [0.05, 0.1) is 6.61 Å². The maximum Gasteiger partial charge on any atom is 0.374 e. The lowest BCUT2D eigenvalue weighted by molar-refractivity contribution is 0.00894. The van der Waals surface area contributed by atoms with Gasteiger partial charge in [-0.15, -0.1) is 0 Å². The summed E-state index contributed by atoms with van der Waals surface area (Å²) >= 11 is 0. The largest absolute Gasteiger partial charge is 0.454 e. The molecule has 0 aliphatic rings. The lowest BCUT2D eigenvalue weighted by atomic mass is 10.4. The van der Waals surface area contributed by atoms with Crippen LogP contribution in [-0.4, -0.2) is 34.2 Å². The summed E-state index contributed by atoms with van der Waals surface area (Å²) < 4.78 is 37.1. The normalized spacial score (nSPS) is 13.3. The van der Waals surface area contributed by atoms with Gasteiger partial charge in [0, 0.05) is 23.9 Å². The van der Waals surface area contributed by atoms with Gasteiger partial charge >= 0.3 is 5.97 Å². The van der Waals surface area contributed by atoms with E-state index in [1.165, 1.54) is 14.0 Å². The van der Waals surface area contributed by atoms with Gasteiger partial charge in [0.15, 0.2) is 0 Å². The Morgan fingerprint density at radius 1 is 1.56 bits per heavy atom. The van der Waals surface area contributed by atoms with Crippen molar-refractivity contribution in [3.63, 3.8) is 0 Å². The van der Waals surface area contributed by atoms with Crippen LogP contribution in [0.4, 0.5) is 0 Å². The van der Waals surface area contributed by atoms with Crippen LogP contribution in [0.2, 0.25) is 0 Å². The summed E-state index contributed by atoms with van der Waals surface area (Å²) in [5, 5.41) is 0. The van der Waals surface area contributed by atoms with Gasteiger partial charge in [-0.3, -0.25) is 0 Å². The third kappa shape index (κ3) is 3.72. The Bertz CT molecular complexity index is 533. The number of esters is 1. The third-order valence-electron chi connectivity index (χ3n) is 2.05. The standard InChI is InChI=1S/C10H13ClO6S/c1-6(5-15-3)16-10(12)8-4-9(7(2)17-8)18(11,13)14/h4,6H,5H2,1-3H3. The van der Waals surface area contributed by atoms with Crippen LogP contribution in [0.15, 0.2) is 15.4 Å². The van der Waals surface area contributed by atoms with Crippen LogP contribution in [0.3, 0.4) is 0 Å². The molecule has 0 saturated heterocycles. The molecule has 0 saturated carbocycles. The molecule has 8 heteroatoms. The lowest BCUT2D eigenvalue weighted by Crippen LogP contribution is -2.19. The topological polar surface area (TPSA) is 82.8 Å². The van der Waals surface area contributed by atoms with Crippen LogP contribution in [0.1, 0.15) is 23.2 Å². The minimum atomic E-state index is -3.94. The Balaban J connectivity index is 2.89. The third-order valence-corrected chi connectivity index (χ3v) is 3.48. The fourth-order valence-electron chi connectivity index (χ4n) is 1.32. The summed E-state index contributed by atoms with van der Waals surface area (Å²) in [6.07, 6.45) is -0.469. The smallest absolute Gasteiger partial charge is 0.374 e. The molecule has 18 heavy (non-hydrogen) atoms. The molecule has 1 rings (SSSR count). The van der Waals surface area contributed by atoms with E-state index < -0.39 is 21.1 Å². The second-order valence-electron chi connectivity index (χ2n) is 3.64. The van der Waals surface area contributed by atoms with Crippen molar-refractivity contribution >= 4 is 25.7 Å². The van der Waals surface area contributed by atoms with Gasteiger partial charge in [0.25, 0.3) is 9.05 Å². The summed E-state index contributed by atoms with van der Waals surface area (Å²) in [6, 6.07) is 1.04. The number of carbonyl (C=O) groups excluding carboxylic acids is 1. The van der Waals surface area contributed by atoms with Crippen LogP contribution in [-0.2, 0) is 18.5 Å². The highest BCUT2D eigenvalue weighted by molar-refractivity contribution is 8.13. The van der Waals surface area contributed by atoms with Crippen molar-refractivity contribution < 1.29 is 27.1 Å². The minimum Gasteiger partial charge on any atom is -0.454 e. The molecule has 0 fully saturated rings. The SMILES string of the molecule is COCC(C)OC(=O)c1cc(S(=O)(=O)Cl)c(C)o1. The van der Waals surface area contributed by atoms with Gasteiger partial charge < -0.3 is 13.9 Å². The van der Waals surface area contributed by atoms with Crippen molar-refractivity contribution in [2.45, 2.75) is 24.8 Å². The number of halogens is 1. The molecule has 0 radical (unpaired) electrons. The average molecular weight is 297 g/mol. The van der Waals surface area contributed by atoms with Gasteiger partial charge in [0.2, 0.25) is 5.76 Å². The number of hydrogen-bond acceptors (Lipinski definition) is 6. The first-order valence-electron chi connectivity index (χ1n) is 5.00. The first-order valence-corrected chi connectivity index (χ1v) is 7.31. The quantitative estimate of drug-likeness (QED) is 0.607. The number of rotatable bonds is 5. The van der Waals surface area contributed by atoms with Crippen molar-refractivity contribution in [2.75, 3.05) is 13.7 Å². The minimum absolute atomic E-state index is 0.0383. The Morgan fingerprint density at radius 2 is 2.17 bits per heavy atom. The van der Waals surface area contributed by atoms with Gasteiger partial charge in [-0.25, -0.2) is 13.2 Å². The van der Waals surface area contributed by atoms with Crippen molar-refractivity contribution in [3.05, 3.63) is 17.6 Å². The number of furan rings is 1. The molecule has 6 nitrogen and oxygen atoms in total. The Labute approximate surface area is 109 Å². The first kappa shape index (κ1) is 15.0. The molecule has 1 atom stereocenters. The van der Waals surface area contributed by atoms with Crippen molar-refractivity contribution in [1.82, 2.24) is 0 Å². The van der Waals surface area contributed by atoms with E-state index in [0.717, 1.165) is 6.07 Å². The molecule has 1 aromatic rings. The van der Waals surface area contributed by atoms with Crippen LogP contribution in [0.25, 0.3) is 0 Å². The van der Waals surface area contributed by atoms with Crippen molar-refractivity contribution in [2.24, 2.45) is 0 Å². The predicted octanol–water partition coefficient (Wildman–Crippen LogP) is 1.71. The second kappa shape index (κ2) is 5.73. The van der Waals surface area contributed by atoms with Crippen LogP contribution in [0, 0.1) is 6.92 Å². The van der Waals surface area contributed by atoms with Crippen LogP contribution in [0.5, 0.6) is 0 Å². The van der Waals surface area contributed by atoms with E-state index in [-0.39, 0.29) is 23.0 Å².